The van der Waals surface area contributed by atoms with Gasteiger partial charge in [-0.1, -0.05) is 46.7 Å². The van der Waals surface area contributed by atoms with Crippen LogP contribution in [0, 0.1) is 6.92 Å². The van der Waals surface area contributed by atoms with E-state index in [1.54, 1.807) is 49.1 Å². The number of benzene rings is 1. The van der Waals surface area contributed by atoms with E-state index >= 15 is 0 Å². The van der Waals surface area contributed by atoms with Crippen molar-refractivity contribution in [2.24, 2.45) is 12.0 Å². The van der Waals surface area contributed by atoms with Gasteiger partial charge in [0, 0.05) is 18.3 Å². The summed E-state index contributed by atoms with van der Waals surface area (Å²) in [6.45, 7) is 3.62. The molecular formula is C21H18Cl2N4O3S. The van der Waals surface area contributed by atoms with Crippen LogP contribution < -0.4 is 14.9 Å². The molecule has 1 aliphatic rings. The van der Waals surface area contributed by atoms with Crippen molar-refractivity contribution in [2.45, 2.75) is 19.9 Å². The summed E-state index contributed by atoms with van der Waals surface area (Å²) in [5.74, 6) is -0.540. The maximum Gasteiger partial charge on any atom is 0.338 e. The molecule has 3 heterocycles. The lowest BCUT2D eigenvalue weighted by Crippen LogP contribution is -2.40. The zero-order valence-electron chi connectivity index (χ0n) is 17.1. The minimum absolute atomic E-state index is 0.290. The molecule has 1 unspecified atom stereocenters. The van der Waals surface area contributed by atoms with E-state index in [-0.39, 0.29) is 5.56 Å². The molecule has 160 valence electrons. The van der Waals surface area contributed by atoms with Crippen molar-refractivity contribution in [1.29, 1.82) is 0 Å². The number of aromatic nitrogens is 3. The Morgan fingerprint density at radius 3 is 2.68 bits per heavy atom. The van der Waals surface area contributed by atoms with Crippen LogP contribution in [0.5, 0.6) is 0 Å². The summed E-state index contributed by atoms with van der Waals surface area (Å²) < 4.78 is 8.64. The smallest absolute Gasteiger partial charge is 0.338 e. The van der Waals surface area contributed by atoms with Gasteiger partial charge in [0.05, 0.1) is 39.2 Å². The number of allylic oxidation sites excluding steroid dienone is 1. The lowest BCUT2D eigenvalue weighted by atomic mass is 9.96. The van der Waals surface area contributed by atoms with E-state index in [9.17, 15) is 9.59 Å². The maximum absolute atomic E-state index is 13.5. The molecule has 0 fully saturated rings. The van der Waals surface area contributed by atoms with Crippen LogP contribution in [0.4, 0.5) is 0 Å². The summed E-state index contributed by atoms with van der Waals surface area (Å²) >= 11 is 13.6. The summed E-state index contributed by atoms with van der Waals surface area (Å²) in [6, 6.07) is 4.52. The fourth-order valence-corrected chi connectivity index (χ4v) is 4.94. The highest BCUT2D eigenvalue weighted by Gasteiger charge is 2.35. The molecule has 0 spiro atoms. The molecular weight excluding hydrogens is 459 g/mol. The molecule has 0 aliphatic carbocycles. The van der Waals surface area contributed by atoms with E-state index in [0.29, 0.717) is 36.2 Å². The Morgan fingerprint density at radius 1 is 1.29 bits per heavy atom. The number of aryl methyl sites for hydroxylation is 1. The van der Waals surface area contributed by atoms with Gasteiger partial charge in [0.25, 0.3) is 5.56 Å². The Labute approximate surface area is 191 Å². The predicted octanol–water partition coefficient (Wildman–Crippen LogP) is 2.76. The van der Waals surface area contributed by atoms with Gasteiger partial charge in [0.2, 0.25) is 0 Å². The van der Waals surface area contributed by atoms with E-state index in [4.69, 9.17) is 27.9 Å². The van der Waals surface area contributed by atoms with Crippen LogP contribution in [-0.4, -0.2) is 27.4 Å². The highest BCUT2D eigenvalue weighted by molar-refractivity contribution is 7.07. The summed E-state index contributed by atoms with van der Waals surface area (Å²) in [5, 5.41) is 5.05. The van der Waals surface area contributed by atoms with Crippen LogP contribution >= 0.6 is 34.5 Å². The van der Waals surface area contributed by atoms with E-state index in [2.05, 4.69) is 10.1 Å². The third-order valence-electron chi connectivity index (χ3n) is 5.26. The molecule has 4 rings (SSSR count). The van der Waals surface area contributed by atoms with E-state index in [0.717, 1.165) is 11.3 Å². The summed E-state index contributed by atoms with van der Waals surface area (Å²) in [6.07, 6.45) is 3.34. The first-order valence-corrected chi connectivity index (χ1v) is 10.8. The second-order valence-electron chi connectivity index (χ2n) is 7.03. The number of rotatable bonds is 3. The van der Waals surface area contributed by atoms with Gasteiger partial charge in [0.15, 0.2) is 4.80 Å². The molecule has 0 saturated carbocycles. The first-order chi connectivity index (χ1) is 14.7. The molecule has 0 amide bonds. The van der Waals surface area contributed by atoms with Crippen molar-refractivity contribution in [1.82, 2.24) is 14.3 Å². The molecule has 0 radical (unpaired) electrons. The average Bonchev–Trinajstić information content (AvgIpc) is 3.23. The van der Waals surface area contributed by atoms with Crippen molar-refractivity contribution >= 4 is 46.6 Å². The van der Waals surface area contributed by atoms with Gasteiger partial charge in [-0.25, -0.2) is 9.79 Å². The average molecular weight is 477 g/mol. The largest absolute Gasteiger partial charge is 0.466 e. The molecule has 0 bridgehead atoms. The van der Waals surface area contributed by atoms with Crippen LogP contribution in [0.1, 0.15) is 29.8 Å². The molecule has 1 aromatic carbocycles. The van der Waals surface area contributed by atoms with Crippen molar-refractivity contribution in [3.63, 3.8) is 0 Å². The molecule has 1 aliphatic heterocycles. The molecule has 1 atom stereocenters. The fraction of sp³-hybridized carbons (Fsp3) is 0.238. The predicted molar refractivity (Wildman–Crippen MR) is 120 cm³/mol. The normalized spacial score (nSPS) is 16.3. The lowest BCUT2D eigenvalue weighted by molar-refractivity contribution is -0.136. The van der Waals surface area contributed by atoms with Crippen LogP contribution in [0.15, 0.2) is 45.5 Å². The fourth-order valence-electron chi connectivity index (χ4n) is 3.54. The van der Waals surface area contributed by atoms with E-state index in [1.807, 2.05) is 6.92 Å². The zero-order valence-corrected chi connectivity index (χ0v) is 19.5. The third-order valence-corrected chi connectivity index (χ3v) is 7.08. The second-order valence-corrected chi connectivity index (χ2v) is 8.82. The van der Waals surface area contributed by atoms with Crippen molar-refractivity contribution in [2.75, 3.05) is 7.11 Å². The lowest BCUT2D eigenvalue weighted by Gasteiger charge is -2.23. The molecule has 0 N–H and O–H groups in total. The number of thiazole rings is 1. The third kappa shape index (κ3) is 3.54. The summed E-state index contributed by atoms with van der Waals surface area (Å²) in [5.41, 5.74) is 2.69. The number of carbonyl (C=O) groups is 1. The van der Waals surface area contributed by atoms with Gasteiger partial charge in [0.1, 0.15) is 6.04 Å². The Bertz CT molecular complexity index is 1430. The monoisotopic (exact) mass is 476 g/mol. The summed E-state index contributed by atoms with van der Waals surface area (Å²) in [4.78, 5) is 31.1. The van der Waals surface area contributed by atoms with Gasteiger partial charge in [-0.2, -0.15) is 5.10 Å². The molecule has 2 aromatic heterocycles. The Morgan fingerprint density at radius 2 is 2.03 bits per heavy atom. The quantitative estimate of drug-likeness (QED) is 0.544. The minimum Gasteiger partial charge on any atom is -0.466 e. The molecule has 0 saturated heterocycles. The number of hydrogen-bond donors (Lipinski definition) is 0. The van der Waals surface area contributed by atoms with Crippen LogP contribution in [-0.2, 0) is 16.6 Å². The summed E-state index contributed by atoms with van der Waals surface area (Å²) in [7, 11) is 3.11. The number of ether oxygens (including phenoxy) is 1. The highest BCUT2D eigenvalue weighted by Crippen LogP contribution is 2.32. The SMILES string of the molecule is COC(=O)C1=C(C)N=c2sc(=Cc3cccc(Cl)c3Cl)c(=O)n2C1c1cnn(C)c1C. The van der Waals surface area contributed by atoms with E-state index in [1.165, 1.54) is 23.0 Å². The van der Waals surface area contributed by atoms with Crippen LogP contribution in [0.25, 0.3) is 6.08 Å². The van der Waals surface area contributed by atoms with Gasteiger partial charge < -0.3 is 4.74 Å². The number of nitrogens with zero attached hydrogens (tertiary/aromatic N) is 4. The van der Waals surface area contributed by atoms with Crippen molar-refractivity contribution in [3.05, 3.63) is 82.2 Å². The Kier molecular flexibility index (Phi) is 5.63. The van der Waals surface area contributed by atoms with E-state index < -0.39 is 12.0 Å². The highest BCUT2D eigenvalue weighted by atomic mass is 35.5. The standard InChI is InChI=1S/C21H18Cl2N4O3S/c1-10-16(20(29)30-4)18(13-9-24-26(3)11(13)2)27-19(28)15(31-21(27)25-10)8-12-6-5-7-14(22)17(12)23/h5-9,18H,1-4H3. The first-order valence-electron chi connectivity index (χ1n) is 9.28. The number of carbonyl (C=O) groups excluding carboxylic acids is 1. The molecule has 10 heteroatoms. The van der Waals surface area contributed by atoms with Crippen LogP contribution in [0.3, 0.4) is 0 Å². The molecule has 3 aromatic rings. The number of methoxy groups -OCH3 is 1. The Hall–Kier alpha value is -2.68. The van der Waals surface area contributed by atoms with Gasteiger partial charge >= 0.3 is 5.97 Å². The molecule has 7 nitrogen and oxygen atoms in total. The van der Waals surface area contributed by atoms with Crippen molar-refractivity contribution < 1.29 is 9.53 Å². The van der Waals surface area contributed by atoms with Gasteiger partial charge in [-0.15, -0.1) is 0 Å². The topological polar surface area (TPSA) is 78.5 Å². The molecule has 31 heavy (non-hydrogen) atoms. The van der Waals surface area contributed by atoms with Gasteiger partial charge in [-0.05, 0) is 31.6 Å². The second kappa shape index (κ2) is 8.11. The minimum atomic E-state index is -0.700. The van der Waals surface area contributed by atoms with Crippen LogP contribution in [0.2, 0.25) is 10.0 Å². The van der Waals surface area contributed by atoms with Crippen molar-refractivity contribution in [3.8, 4) is 0 Å². The maximum atomic E-state index is 13.5. The number of hydrogen-bond acceptors (Lipinski definition) is 6. The van der Waals surface area contributed by atoms with Gasteiger partial charge in [-0.3, -0.25) is 14.0 Å². The number of fused-ring (bicyclic) bond motifs is 1. The Balaban J connectivity index is 2.02. The first kappa shape index (κ1) is 21.5. The zero-order chi connectivity index (χ0) is 22.4. The number of halogens is 2. The number of esters is 1.